The molecule has 2 heterocycles. The summed E-state index contributed by atoms with van der Waals surface area (Å²) < 4.78 is 32.8. The van der Waals surface area contributed by atoms with E-state index >= 15 is 4.39 Å². The van der Waals surface area contributed by atoms with E-state index in [2.05, 4.69) is 10.00 Å². The van der Waals surface area contributed by atoms with Gasteiger partial charge in [-0.25, -0.2) is 4.39 Å². The van der Waals surface area contributed by atoms with Gasteiger partial charge in [0.25, 0.3) is 5.56 Å². The maximum atomic E-state index is 15.5. The zero-order valence-corrected chi connectivity index (χ0v) is 23.6. The van der Waals surface area contributed by atoms with Crippen LogP contribution < -0.4 is 10.3 Å². The van der Waals surface area contributed by atoms with Gasteiger partial charge in [-0.3, -0.25) is 14.5 Å². The predicted octanol–water partition coefficient (Wildman–Crippen LogP) is 4.12. The van der Waals surface area contributed by atoms with Gasteiger partial charge in [-0.1, -0.05) is 17.7 Å². The van der Waals surface area contributed by atoms with Gasteiger partial charge < -0.3 is 14.2 Å². The second-order valence-corrected chi connectivity index (χ2v) is 9.48. The number of nitrogens with zero attached hydrogens (tertiary/aromatic N) is 5. The molecule has 1 aromatic heterocycles. The highest BCUT2D eigenvalue weighted by molar-refractivity contribution is 6.32. The Labute approximate surface area is 246 Å². The number of aromatic nitrogens is 2. The molecule has 1 fully saturated rings. The number of carbonyl (C=O) groups excluding carboxylic acids is 1. The van der Waals surface area contributed by atoms with Crippen molar-refractivity contribution >= 4 is 30.0 Å². The van der Waals surface area contributed by atoms with E-state index in [9.17, 15) is 20.1 Å². The molecule has 0 amide bonds. The van der Waals surface area contributed by atoms with E-state index in [0.29, 0.717) is 31.0 Å². The number of hydrogen-bond donors (Lipinski definition) is 0. The first kappa shape index (κ1) is 31.5. The Kier molecular flexibility index (Phi) is 11.2. The lowest BCUT2D eigenvalue weighted by Crippen LogP contribution is -2.37. The molecule has 1 aliphatic heterocycles. The molecule has 0 N–H and O–H groups in total. The topological polar surface area (TPSA) is 130 Å². The molecule has 0 radical (unpaired) electrons. The molecule has 41 heavy (non-hydrogen) atoms. The number of benzene rings is 2. The van der Waals surface area contributed by atoms with E-state index in [1.54, 1.807) is 6.92 Å². The molecule has 4 rings (SSSR count). The molecule has 10 nitrogen and oxygen atoms in total. The lowest BCUT2D eigenvalue weighted by atomic mass is 10.1. The fourth-order valence-electron chi connectivity index (χ4n) is 4.10. The van der Waals surface area contributed by atoms with Crippen molar-refractivity contribution in [1.82, 2.24) is 14.7 Å². The smallest absolute Gasteiger partial charge is 0.308 e. The van der Waals surface area contributed by atoms with E-state index < -0.39 is 17.3 Å². The molecular formula is C28H26Cl2FN5O5. The van der Waals surface area contributed by atoms with E-state index in [-0.39, 0.29) is 65.2 Å². The Hall–Kier alpha value is -4.00. The second-order valence-electron chi connectivity index (χ2n) is 9.07. The number of rotatable bonds is 9. The summed E-state index contributed by atoms with van der Waals surface area (Å²) in [6, 6.07) is 12.4. The maximum Gasteiger partial charge on any atom is 0.308 e. The number of aryl methyl sites for hydroxylation is 1. The second kappa shape index (κ2) is 14.6. The van der Waals surface area contributed by atoms with E-state index in [1.165, 1.54) is 36.4 Å². The van der Waals surface area contributed by atoms with Crippen LogP contribution in [0.15, 0.2) is 41.2 Å². The SMILES string of the molecule is Cc1cc(Cc2ccc(Cl)c(Oc3cc(C#N)cc(C#N)c3)c2F)nn(COC(=O)CCN2CCOCC2)c1=O.Cl. The molecule has 0 unspecified atom stereocenters. The number of ether oxygens (including phenoxy) is 3. The highest BCUT2D eigenvalue weighted by Gasteiger charge is 2.18. The third-order valence-electron chi connectivity index (χ3n) is 6.17. The number of carbonyl (C=O) groups is 1. The quantitative estimate of drug-likeness (QED) is 0.332. The molecule has 0 atom stereocenters. The molecule has 0 saturated carbocycles. The minimum Gasteiger partial charge on any atom is -0.453 e. The van der Waals surface area contributed by atoms with Crippen molar-refractivity contribution in [1.29, 1.82) is 10.5 Å². The Bertz CT molecular complexity index is 1530. The highest BCUT2D eigenvalue weighted by atomic mass is 35.5. The molecule has 0 aliphatic carbocycles. The average molecular weight is 602 g/mol. The first-order valence-corrected chi connectivity index (χ1v) is 12.8. The minimum absolute atomic E-state index is 0. The molecule has 1 saturated heterocycles. The number of esters is 1. The first-order valence-electron chi connectivity index (χ1n) is 12.4. The highest BCUT2D eigenvalue weighted by Crippen LogP contribution is 2.35. The van der Waals surface area contributed by atoms with Gasteiger partial charge in [0, 0.05) is 31.6 Å². The van der Waals surface area contributed by atoms with E-state index in [1.807, 2.05) is 12.1 Å². The van der Waals surface area contributed by atoms with Gasteiger partial charge in [0.15, 0.2) is 18.3 Å². The third-order valence-corrected chi connectivity index (χ3v) is 6.47. The van der Waals surface area contributed by atoms with Crippen molar-refractivity contribution in [3.8, 4) is 23.6 Å². The van der Waals surface area contributed by atoms with Crippen molar-refractivity contribution in [3.05, 3.63) is 85.5 Å². The fourth-order valence-corrected chi connectivity index (χ4v) is 4.29. The van der Waals surface area contributed by atoms with Crippen molar-refractivity contribution in [3.63, 3.8) is 0 Å². The monoisotopic (exact) mass is 601 g/mol. The van der Waals surface area contributed by atoms with Gasteiger partial charge in [0.2, 0.25) is 0 Å². The minimum atomic E-state index is -0.764. The molecule has 3 aromatic rings. The van der Waals surface area contributed by atoms with E-state index in [4.69, 9.17) is 25.8 Å². The lowest BCUT2D eigenvalue weighted by molar-refractivity contribution is -0.148. The summed E-state index contributed by atoms with van der Waals surface area (Å²) in [7, 11) is 0. The van der Waals surface area contributed by atoms with Gasteiger partial charge in [-0.2, -0.15) is 20.3 Å². The lowest BCUT2D eigenvalue weighted by Gasteiger charge is -2.25. The zero-order valence-electron chi connectivity index (χ0n) is 22.1. The normalized spacial score (nSPS) is 13.0. The predicted molar refractivity (Wildman–Crippen MR) is 149 cm³/mol. The fraction of sp³-hybridized carbons (Fsp3) is 0.321. The van der Waals surface area contributed by atoms with Crippen LogP contribution in [0.5, 0.6) is 11.5 Å². The Balaban J connectivity index is 0.00000462. The largest absolute Gasteiger partial charge is 0.453 e. The summed E-state index contributed by atoms with van der Waals surface area (Å²) in [5, 5.41) is 22.6. The van der Waals surface area contributed by atoms with Crippen LogP contribution in [-0.4, -0.2) is 53.5 Å². The van der Waals surface area contributed by atoms with E-state index in [0.717, 1.165) is 17.8 Å². The maximum absolute atomic E-state index is 15.5. The average Bonchev–Trinajstić information content (AvgIpc) is 2.96. The zero-order chi connectivity index (χ0) is 28.6. The van der Waals surface area contributed by atoms with Crippen LogP contribution >= 0.6 is 24.0 Å². The number of halogens is 3. The van der Waals surface area contributed by atoms with Crippen molar-refractivity contribution in [2.24, 2.45) is 0 Å². The summed E-state index contributed by atoms with van der Waals surface area (Å²) in [5.74, 6) is -1.43. The van der Waals surface area contributed by atoms with Gasteiger partial charge >= 0.3 is 5.97 Å². The summed E-state index contributed by atoms with van der Waals surface area (Å²) in [4.78, 5) is 26.9. The molecule has 1 aliphatic rings. The van der Waals surface area contributed by atoms with Crippen LogP contribution in [0.2, 0.25) is 5.02 Å². The Morgan fingerprint density at radius 3 is 2.49 bits per heavy atom. The molecule has 214 valence electrons. The van der Waals surface area contributed by atoms with Crippen LogP contribution in [0.4, 0.5) is 4.39 Å². The van der Waals surface area contributed by atoms with Crippen molar-refractivity contribution in [2.75, 3.05) is 32.8 Å². The van der Waals surface area contributed by atoms with Crippen LogP contribution in [0.25, 0.3) is 0 Å². The van der Waals surface area contributed by atoms with Gasteiger partial charge in [0.05, 0.1) is 53.6 Å². The number of nitriles is 2. The standard InChI is InChI=1S/C28H25ClFN5O5.ClH/c1-18-10-22(33-35(28(18)37)17-39-25(36)4-5-34-6-8-38-9-7-34)14-21-2-3-24(29)27(26(21)30)40-23-12-19(15-31)11-20(13-23)16-32;/h2-3,10-13H,4-9,14,17H2,1H3;1H. The van der Waals surface area contributed by atoms with Gasteiger partial charge in [0.1, 0.15) is 5.75 Å². The first-order chi connectivity index (χ1) is 19.3. The Morgan fingerprint density at radius 2 is 1.83 bits per heavy atom. The molecular weight excluding hydrogens is 576 g/mol. The van der Waals surface area contributed by atoms with Gasteiger partial charge in [-0.15, -0.1) is 12.4 Å². The van der Waals surface area contributed by atoms with Crippen LogP contribution in [-0.2, 0) is 27.4 Å². The van der Waals surface area contributed by atoms with Gasteiger partial charge in [-0.05, 0) is 42.8 Å². The summed E-state index contributed by atoms with van der Waals surface area (Å²) in [6.45, 7) is 4.49. The molecule has 2 aromatic carbocycles. The summed E-state index contributed by atoms with van der Waals surface area (Å²) in [6.07, 6.45) is 0.145. The van der Waals surface area contributed by atoms with Crippen LogP contribution in [0, 0.1) is 35.4 Å². The van der Waals surface area contributed by atoms with Crippen LogP contribution in [0.3, 0.4) is 0 Å². The number of hydrogen-bond acceptors (Lipinski definition) is 9. The molecule has 0 spiro atoms. The summed E-state index contributed by atoms with van der Waals surface area (Å²) in [5.41, 5.74) is 0.785. The molecule has 13 heteroatoms. The van der Waals surface area contributed by atoms with Crippen molar-refractivity contribution in [2.45, 2.75) is 26.5 Å². The van der Waals surface area contributed by atoms with Crippen molar-refractivity contribution < 1.29 is 23.4 Å². The number of morpholine rings is 1. The summed E-state index contributed by atoms with van der Waals surface area (Å²) >= 11 is 6.21. The van der Waals surface area contributed by atoms with Crippen LogP contribution in [0.1, 0.15) is 34.4 Å². The third kappa shape index (κ3) is 8.26. The molecule has 0 bridgehead atoms. The Morgan fingerprint density at radius 1 is 1.15 bits per heavy atom.